The zero-order valence-electron chi connectivity index (χ0n) is 15.1. The Morgan fingerprint density at radius 2 is 1.85 bits per heavy atom. The summed E-state index contributed by atoms with van der Waals surface area (Å²) in [6.07, 6.45) is 1.87. The first-order valence-corrected chi connectivity index (χ1v) is 8.81. The Bertz CT molecular complexity index is 890. The molecular formula is C21H22FN3O2. The van der Waals surface area contributed by atoms with Gasteiger partial charge in [0.25, 0.3) is 0 Å². The lowest BCUT2D eigenvalue weighted by molar-refractivity contribution is 0.251. The van der Waals surface area contributed by atoms with Crippen molar-refractivity contribution in [2.45, 2.75) is 20.0 Å². The molecule has 5 nitrogen and oxygen atoms in total. The average Bonchev–Trinajstić information content (AvgIpc) is 3.11. The number of nitrogens with one attached hydrogen (secondary N) is 2. The van der Waals surface area contributed by atoms with Gasteiger partial charge in [-0.3, -0.25) is 0 Å². The molecule has 1 heterocycles. The first kappa shape index (κ1) is 18.5. The number of hydrogen-bond donors (Lipinski definition) is 2. The zero-order chi connectivity index (χ0) is 19.1. The molecule has 3 rings (SSSR count). The second-order valence-corrected chi connectivity index (χ2v) is 5.98. The summed E-state index contributed by atoms with van der Waals surface area (Å²) in [7, 11) is 0. The maximum Gasteiger partial charge on any atom is 0.319 e. The molecule has 2 aromatic carbocycles. The fourth-order valence-corrected chi connectivity index (χ4v) is 2.72. The van der Waals surface area contributed by atoms with Gasteiger partial charge in [0.2, 0.25) is 0 Å². The Labute approximate surface area is 157 Å². The van der Waals surface area contributed by atoms with Crippen LogP contribution in [0, 0.1) is 5.82 Å². The van der Waals surface area contributed by atoms with Crippen LogP contribution in [0.5, 0.6) is 5.75 Å². The SMILES string of the molecule is CCOc1ccc(NC(=O)NCc2cccn2Cc2ccccc2F)cc1. The van der Waals surface area contributed by atoms with E-state index in [1.165, 1.54) is 6.07 Å². The van der Waals surface area contributed by atoms with Crippen molar-refractivity contribution < 1.29 is 13.9 Å². The van der Waals surface area contributed by atoms with Crippen LogP contribution in [-0.2, 0) is 13.1 Å². The lowest BCUT2D eigenvalue weighted by Gasteiger charge is -2.12. The van der Waals surface area contributed by atoms with Crippen LogP contribution in [0.4, 0.5) is 14.9 Å². The van der Waals surface area contributed by atoms with Gasteiger partial charge in [0.05, 0.1) is 19.7 Å². The normalized spacial score (nSPS) is 10.4. The van der Waals surface area contributed by atoms with Crippen LogP contribution in [0.25, 0.3) is 0 Å². The van der Waals surface area contributed by atoms with Crippen molar-refractivity contribution in [2.24, 2.45) is 0 Å². The minimum Gasteiger partial charge on any atom is -0.494 e. The van der Waals surface area contributed by atoms with Crippen molar-refractivity contribution in [1.29, 1.82) is 0 Å². The largest absolute Gasteiger partial charge is 0.494 e. The van der Waals surface area contributed by atoms with Crippen LogP contribution in [0.15, 0.2) is 66.9 Å². The Morgan fingerprint density at radius 3 is 2.59 bits per heavy atom. The second-order valence-electron chi connectivity index (χ2n) is 5.98. The zero-order valence-corrected chi connectivity index (χ0v) is 15.1. The van der Waals surface area contributed by atoms with Crippen LogP contribution >= 0.6 is 0 Å². The Morgan fingerprint density at radius 1 is 1.07 bits per heavy atom. The maximum absolute atomic E-state index is 13.8. The molecule has 1 aromatic heterocycles. The second kappa shape index (κ2) is 8.89. The molecule has 6 heteroatoms. The van der Waals surface area contributed by atoms with Crippen molar-refractivity contribution >= 4 is 11.7 Å². The Kier molecular flexibility index (Phi) is 6.10. The smallest absolute Gasteiger partial charge is 0.319 e. The van der Waals surface area contributed by atoms with Gasteiger partial charge in [0, 0.05) is 23.1 Å². The number of aromatic nitrogens is 1. The number of halogens is 1. The number of rotatable bonds is 7. The van der Waals surface area contributed by atoms with E-state index in [0.29, 0.717) is 30.9 Å². The molecule has 0 radical (unpaired) electrons. The van der Waals surface area contributed by atoms with E-state index in [-0.39, 0.29) is 11.8 Å². The molecule has 0 atom stereocenters. The summed E-state index contributed by atoms with van der Waals surface area (Å²) in [5, 5.41) is 5.60. The molecule has 0 aliphatic rings. The molecule has 0 aliphatic heterocycles. The number of hydrogen-bond acceptors (Lipinski definition) is 2. The summed E-state index contributed by atoms with van der Waals surface area (Å²) in [5.41, 5.74) is 2.17. The molecular weight excluding hydrogens is 345 g/mol. The number of carbonyl (C=O) groups is 1. The van der Waals surface area contributed by atoms with Crippen LogP contribution in [-0.4, -0.2) is 17.2 Å². The van der Waals surface area contributed by atoms with E-state index in [1.54, 1.807) is 36.4 Å². The Balaban J connectivity index is 1.55. The number of anilines is 1. The van der Waals surface area contributed by atoms with Crippen molar-refractivity contribution in [3.05, 3.63) is 83.9 Å². The van der Waals surface area contributed by atoms with E-state index in [9.17, 15) is 9.18 Å². The topological polar surface area (TPSA) is 55.3 Å². The van der Waals surface area contributed by atoms with E-state index in [4.69, 9.17) is 4.74 Å². The van der Waals surface area contributed by atoms with E-state index in [1.807, 2.05) is 35.9 Å². The molecule has 0 spiro atoms. The highest BCUT2D eigenvalue weighted by molar-refractivity contribution is 5.89. The van der Waals surface area contributed by atoms with E-state index < -0.39 is 0 Å². The van der Waals surface area contributed by atoms with Crippen LogP contribution < -0.4 is 15.4 Å². The molecule has 0 bridgehead atoms. The molecule has 0 unspecified atom stereocenters. The molecule has 2 N–H and O–H groups in total. The van der Waals surface area contributed by atoms with Crippen LogP contribution in [0.2, 0.25) is 0 Å². The summed E-state index contributed by atoms with van der Waals surface area (Å²) < 4.78 is 21.1. The quantitative estimate of drug-likeness (QED) is 0.650. The number of nitrogens with zero attached hydrogens (tertiary/aromatic N) is 1. The van der Waals surface area contributed by atoms with Gasteiger partial charge in [-0.05, 0) is 49.4 Å². The number of amides is 2. The molecule has 2 amide bonds. The van der Waals surface area contributed by atoms with Gasteiger partial charge in [0.15, 0.2) is 0 Å². The summed E-state index contributed by atoms with van der Waals surface area (Å²) in [5.74, 6) is 0.521. The lowest BCUT2D eigenvalue weighted by atomic mass is 10.2. The fourth-order valence-electron chi connectivity index (χ4n) is 2.72. The van der Waals surface area contributed by atoms with Crippen LogP contribution in [0.3, 0.4) is 0 Å². The molecule has 0 saturated heterocycles. The van der Waals surface area contributed by atoms with E-state index >= 15 is 0 Å². The number of ether oxygens (including phenoxy) is 1. The van der Waals surface area contributed by atoms with E-state index in [2.05, 4.69) is 10.6 Å². The van der Waals surface area contributed by atoms with Gasteiger partial charge in [-0.1, -0.05) is 18.2 Å². The minimum atomic E-state index is -0.308. The number of carbonyl (C=O) groups excluding carboxylic acids is 1. The predicted octanol–water partition coefficient (Wildman–Crippen LogP) is 4.40. The summed E-state index contributed by atoms with van der Waals surface area (Å²) >= 11 is 0. The first-order chi connectivity index (χ1) is 13.2. The monoisotopic (exact) mass is 367 g/mol. The third-order valence-corrected chi connectivity index (χ3v) is 4.08. The molecule has 3 aromatic rings. The molecule has 140 valence electrons. The lowest BCUT2D eigenvalue weighted by Crippen LogP contribution is -2.29. The van der Waals surface area contributed by atoms with Crippen molar-refractivity contribution in [3.8, 4) is 5.75 Å². The average molecular weight is 367 g/mol. The fraction of sp³-hybridized carbons (Fsp3) is 0.190. The molecule has 0 fully saturated rings. The third-order valence-electron chi connectivity index (χ3n) is 4.08. The maximum atomic E-state index is 13.8. The highest BCUT2D eigenvalue weighted by atomic mass is 19.1. The van der Waals surface area contributed by atoms with Gasteiger partial charge >= 0.3 is 6.03 Å². The molecule has 0 saturated carbocycles. The van der Waals surface area contributed by atoms with Crippen LogP contribution in [0.1, 0.15) is 18.2 Å². The van der Waals surface area contributed by atoms with Crippen molar-refractivity contribution in [3.63, 3.8) is 0 Å². The molecule has 27 heavy (non-hydrogen) atoms. The predicted molar refractivity (Wildman–Crippen MR) is 103 cm³/mol. The highest BCUT2D eigenvalue weighted by Gasteiger charge is 2.07. The van der Waals surface area contributed by atoms with Gasteiger partial charge < -0.3 is 19.9 Å². The van der Waals surface area contributed by atoms with E-state index in [0.717, 1.165) is 11.4 Å². The van der Waals surface area contributed by atoms with Gasteiger partial charge in [0.1, 0.15) is 11.6 Å². The summed E-state index contributed by atoms with van der Waals surface area (Å²) in [6.45, 7) is 3.27. The Hall–Kier alpha value is -3.28. The van der Waals surface area contributed by atoms with Crippen molar-refractivity contribution in [2.75, 3.05) is 11.9 Å². The highest BCUT2D eigenvalue weighted by Crippen LogP contribution is 2.15. The minimum absolute atomic E-state index is 0.238. The first-order valence-electron chi connectivity index (χ1n) is 8.81. The number of urea groups is 1. The standard InChI is InChI=1S/C21H22FN3O2/c1-2-27-19-11-9-17(10-12-19)24-21(26)23-14-18-7-5-13-25(18)15-16-6-3-4-8-20(16)22/h3-13H,2,14-15H2,1H3,(H2,23,24,26). The third kappa shape index (κ3) is 5.10. The van der Waals surface area contributed by atoms with Gasteiger partial charge in [-0.25, -0.2) is 9.18 Å². The summed E-state index contributed by atoms with van der Waals surface area (Å²) in [4.78, 5) is 12.1. The van der Waals surface area contributed by atoms with Crippen molar-refractivity contribution in [1.82, 2.24) is 9.88 Å². The number of benzene rings is 2. The van der Waals surface area contributed by atoms with Gasteiger partial charge in [-0.15, -0.1) is 0 Å². The van der Waals surface area contributed by atoms with Gasteiger partial charge in [-0.2, -0.15) is 0 Å². The summed E-state index contributed by atoms with van der Waals surface area (Å²) in [6, 6.07) is 17.3. The molecule has 0 aliphatic carbocycles.